The van der Waals surface area contributed by atoms with Crippen LogP contribution < -0.4 is 5.32 Å². The van der Waals surface area contributed by atoms with Crippen LogP contribution in [0.5, 0.6) is 0 Å². The zero-order valence-corrected chi connectivity index (χ0v) is 16.2. The van der Waals surface area contributed by atoms with Crippen LogP contribution in [0.4, 0.5) is 0 Å². The molecule has 26 heavy (non-hydrogen) atoms. The fourth-order valence-electron chi connectivity index (χ4n) is 3.36. The summed E-state index contributed by atoms with van der Waals surface area (Å²) in [5, 5.41) is 4.01. The molecule has 0 bridgehead atoms. The van der Waals surface area contributed by atoms with Crippen LogP contribution in [-0.2, 0) is 4.79 Å². The Labute approximate surface area is 164 Å². The van der Waals surface area contributed by atoms with Gasteiger partial charge in [-0.2, -0.15) is 0 Å². The van der Waals surface area contributed by atoms with Crippen LogP contribution in [0.15, 0.2) is 18.2 Å². The summed E-state index contributed by atoms with van der Waals surface area (Å²) in [6, 6.07) is 5.09. The lowest BCUT2D eigenvalue weighted by Crippen LogP contribution is -2.50. The van der Waals surface area contributed by atoms with Crippen molar-refractivity contribution in [2.24, 2.45) is 0 Å². The molecule has 2 aliphatic heterocycles. The molecular formula is C18H24Cl2N4O2. The first kappa shape index (κ1) is 19.4. The van der Waals surface area contributed by atoms with Crippen LogP contribution >= 0.6 is 23.2 Å². The average Bonchev–Trinajstić information content (AvgIpc) is 2.67. The van der Waals surface area contributed by atoms with E-state index < -0.39 is 0 Å². The molecule has 2 aliphatic rings. The highest BCUT2D eigenvalue weighted by atomic mass is 35.5. The van der Waals surface area contributed by atoms with Crippen molar-refractivity contribution in [2.45, 2.75) is 6.42 Å². The lowest BCUT2D eigenvalue weighted by molar-refractivity contribution is -0.132. The molecule has 142 valence electrons. The van der Waals surface area contributed by atoms with Gasteiger partial charge in [0.05, 0.1) is 15.6 Å². The molecule has 2 saturated heterocycles. The molecule has 1 aromatic carbocycles. The second-order valence-electron chi connectivity index (χ2n) is 6.61. The van der Waals surface area contributed by atoms with E-state index in [1.165, 1.54) is 0 Å². The third-order valence-electron chi connectivity index (χ3n) is 4.95. The van der Waals surface area contributed by atoms with Crippen molar-refractivity contribution >= 4 is 35.0 Å². The molecule has 0 spiro atoms. The van der Waals surface area contributed by atoms with Gasteiger partial charge in [-0.25, -0.2) is 0 Å². The molecule has 0 saturated carbocycles. The van der Waals surface area contributed by atoms with E-state index in [-0.39, 0.29) is 11.8 Å². The normalized spacial score (nSPS) is 18.8. The standard InChI is InChI=1S/C18H24Cl2N4O2/c19-14-2-1-3-15(20)17(14)18(26)24-12-10-22(11-13-24)7-4-16(25)23-8-5-21-6-9-23/h1-3,21H,4-13H2. The number of carbonyl (C=O) groups is 2. The van der Waals surface area contributed by atoms with Gasteiger partial charge < -0.3 is 15.1 Å². The van der Waals surface area contributed by atoms with E-state index in [0.29, 0.717) is 35.1 Å². The van der Waals surface area contributed by atoms with E-state index in [0.717, 1.165) is 45.8 Å². The summed E-state index contributed by atoms with van der Waals surface area (Å²) in [4.78, 5) is 30.9. The van der Waals surface area contributed by atoms with Crippen LogP contribution in [0.3, 0.4) is 0 Å². The van der Waals surface area contributed by atoms with E-state index in [1.54, 1.807) is 23.1 Å². The summed E-state index contributed by atoms with van der Waals surface area (Å²) >= 11 is 12.3. The molecule has 0 unspecified atom stereocenters. The third kappa shape index (κ3) is 4.68. The number of hydrogen-bond acceptors (Lipinski definition) is 4. The number of rotatable bonds is 4. The minimum atomic E-state index is -0.128. The van der Waals surface area contributed by atoms with Crippen molar-refractivity contribution in [3.05, 3.63) is 33.8 Å². The Morgan fingerprint density at radius 1 is 0.923 bits per heavy atom. The number of nitrogens with one attached hydrogen (secondary N) is 1. The number of amides is 2. The second kappa shape index (κ2) is 9.04. The molecule has 8 heteroatoms. The predicted octanol–water partition coefficient (Wildman–Crippen LogP) is 1.57. The SMILES string of the molecule is O=C(CCN1CCN(C(=O)c2c(Cl)cccc2Cl)CC1)N1CCNCC1. The van der Waals surface area contributed by atoms with Gasteiger partial charge in [0.15, 0.2) is 0 Å². The number of hydrogen-bond donors (Lipinski definition) is 1. The fraction of sp³-hybridized carbons (Fsp3) is 0.556. The molecule has 0 aromatic heterocycles. The predicted molar refractivity (Wildman–Crippen MR) is 103 cm³/mol. The highest BCUT2D eigenvalue weighted by Gasteiger charge is 2.26. The molecule has 2 heterocycles. The van der Waals surface area contributed by atoms with E-state index in [9.17, 15) is 9.59 Å². The fourth-order valence-corrected chi connectivity index (χ4v) is 3.92. The molecule has 0 radical (unpaired) electrons. The van der Waals surface area contributed by atoms with Gasteiger partial charge in [-0.3, -0.25) is 14.5 Å². The molecule has 0 aliphatic carbocycles. The zero-order chi connectivity index (χ0) is 18.5. The summed E-state index contributed by atoms with van der Waals surface area (Å²) in [6.45, 7) is 6.79. The van der Waals surface area contributed by atoms with Gasteiger partial charge >= 0.3 is 0 Å². The Bertz CT molecular complexity index is 636. The molecule has 3 rings (SSSR count). The summed E-state index contributed by atoms with van der Waals surface area (Å²) in [5.41, 5.74) is 0.373. The van der Waals surface area contributed by atoms with Crippen molar-refractivity contribution < 1.29 is 9.59 Å². The maximum Gasteiger partial charge on any atom is 0.256 e. The van der Waals surface area contributed by atoms with E-state index in [2.05, 4.69) is 10.2 Å². The van der Waals surface area contributed by atoms with Crippen molar-refractivity contribution in [2.75, 3.05) is 58.9 Å². The summed E-state index contributed by atoms with van der Waals surface area (Å²) < 4.78 is 0. The van der Waals surface area contributed by atoms with Crippen molar-refractivity contribution in [1.29, 1.82) is 0 Å². The average molecular weight is 399 g/mol. The van der Waals surface area contributed by atoms with Gasteiger partial charge in [0.1, 0.15) is 0 Å². The Hall–Kier alpha value is -1.34. The molecule has 2 fully saturated rings. The molecule has 2 amide bonds. The van der Waals surface area contributed by atoms with Gasteiger partial charge in [0.25, 0.3) is 5.91 Å². The van der Waals surface area contributed by atoms with Gasteiger partial charge in [-0.1, -0.05) is 29.3 Å². The first-order valence-corrected chi connectivity index (χ1v) is 9.76. The van der Waals surface area contributed by atoms with Crippen molar-refractivity contribution in [1.82, 2.24) is 20.0 Å². The lowest BCUT2D eigenvalue weighted by atomic mass is 10.1. The van der Waals surface area contributed by atoms with Gasteiger partial charge in [-0.15, -0.1) is 0 Å². The third-order valence-corrected chi connectivity index (χ3v) is 5.58. The van der Waals surface area contributed by atoms with E-state index >= 15 is 0 Å². The second-order valence-corrected chi connectivity index (χ2v) is 7.43. The van der Waals surface area contributed by atoms with Gasteiger partial charge in [-0.05, 0) is 12.1 Å². The Morgan fingerprint density at radius 3 is 2.15 bits per heavy atom. The molecule has 6 nitrogen and oxygen atoms in total. The summed E-state index contributed by atoms with van der Waals surface area (Å²) in [6.07, 6.45) is 0.532. The monoisotopic (exact) mass is 398 g/mol. The molecular weight excluding hydrogens is 375 g/mol. The van der Waals surface area contributed by atoms with Crippen LogP contribution in [0.1, 0.15) is 16.8 Å². The topological polar surface area (TPSA) is 55.9 Å². The maximum atomic E-state index is 12.7. The molecule has 0 atom stereocenters. The van der Waals surface area contributed by atoms with Crippen LogP contribution in [0.25, 0.3) is 0 Å². The Balaban J connectivity index is 1.47. The quantitative estimate of drug-likeness (QED) is 0.836. The minimum Gasteiger partial charge on any atom is -0.340 e. The van der Waals surface area contributed by atoms with E-state index in [4.69, 9.17) is 23.2 Å². The van der Waals surface area contributed by atoms with E-state index in [1.807, 2.05) is 4.90 Å². The van der Waals surface area contributed by atoms with Crippen molar-refractivity contribution in [3.63, 3.8) is 0 Å². The first-order chi connectivity index (χ1) is 12.6. The molecule has 1 N–H and O–H groups in total. The number of piperazine rings is 2. The summed E-state index contributed by atoms with van der Waals surface area (Å²) in [7, 11) is 0. The van der Waals surface area contributed by atoms with Gasteiger partial charge in [0, 0.05) is 65.3 Å². The number of halogens is 2. The number of benzene rings is 1. The first-order valence-electron chi connectivity index (χ1n) is 9.00. The largest absolute Gasteiger partial charge is 0.340 e. The smallest absolute Gasteiger partial charge is 0.256 e. The maximum absolute atomic E-state index is 12.7. The van der Waals surface area contributed by atoms with Crippen LogP contribution in [0.2, 0.25) is 10.0 Å². The number of carbonyl (C=O) groups excluding carboxylic acids is 2. The lowest BCUT2D eigenvalue weighted by Gasteiger charge is -2.35. The Kier molecular flexibility index (Phi) is 6.75. The van der Waals surface area contributed by atoms with Crippen molar-refractivity contribution in [3.8, 4) is 0 Å². The Morgan fingerprint density at radius 2 is 1.54 bits per heavy atom. The number of nitrogens with zero attached hydrogens (tertiary/aromatic N) is 3. The summed E-state index contributed by atoms with van der Waals surface area (Å²) in [5.74, 6) is 0.0880. The molecule has 1 aromatic rings. The van der Waals surface area contributed by atoms with Crippen LogP contribution in [0, 0.1) is 0 Å². The van der Waals surface area contributed by atoms with Crippen LogP contribution in [-0.4, -0.2) is 85.4 Å². The zero-order valence-electron chi connectivity index (χ0n) is 14.7. The minimum absolute atomic E-state index is 0.128. The highest BCUT2D eigenvalue weighted by Crippen LogP contribution is 2.26. The highest BCUT2D eigenvalue weighted by molar-refractivity contribution is 6.39. The van der Waals surface area contributed by atoms with Gasteiger partial charge in [0.2, 0.25) is 5.91 Å².